The molecule has 2 N–H and O–H groups in total. The Morgan fingerprint density at radius 2 is 1.84 bits per heavy atom. The summed E-state index contributed by atoms with van der Waals surface area (Å²) in [7, 11) is 0. The first kappa shape index (κ1) is 17.5. The van der Waals surface area contributed by atoms with Crippen LogP contribution in [0.2, 0.25) is 0 Å². The number of urea groups is 1. The number of allylic oxidation sites excluding steroid dienone is 1. The van der Waals surface area contributed by atoms with Gasteiger partial charge in [-0.05, 0) is 45.1 Å². The Kier molecular flexibility index (Phi) is 5.41. The Morgan fingerprint density at radius 1 is 1.12 bits per heavy atom. The Labute approximate surface area is 148 Å². The SMILES string of the molecule is CC1=C(C(=O)OC2CCCCCC2)[C@H](c2cccc(C)c2)NC(=O)N1. The standard InChI is InChI=1S/C20H26N2O3/c1-13-8-7-9-15(12-13)18-17(14(2)21-20(24)22-18)19(23)25-16-10-5-3-4-6-11-16/h7-9,12,16,18H,3-6,10-11H2,1-2H3,(H2,21,22,24)/t18-/m0/s1. The van der Waals surface area contributed by atoms with Crippen LogP contribution >= 0.6 is 0 Å². The van der Waals surface area contributed by atoms with Crippen LogP contribution in [0.1, 0.15) is 62.6 Å². The maximum Gasteiger partial charge on any atom is 0.338 e. The molecule has 1 saturated carbocycles. The first-order valence-electron chi connectivity index (χ1n) is 9.10. The van der Waals surface area contributed by atoms with Crippen molar-refractivity contribution in [3.05, 3.63) is 46.7 Å². The van der Waals surface area contributed by atoms with Crippen LogP contribution in [0, 0.1) is 6.92 Å². The number of amides is 2. The monoisotopic (exact) mass is 342 g/mol. The van der Waals surface area contributed by atoms with E-state index in [-0.39, 0.29) is 18.1 Å². The second kappa shape index (κ2) is 7.72. The van der Waals surface area contributed by atoms with Gasteiger partial charge in [0.05, 0.1) is 11.6 Å². The zero-order chi connectivity index (χ0) is 17.8. The van der Waals surface area contributed by atoms with Crippen molar-refractivity contribution in [2.24, 2.45) is 0 Å². The van der Waals surface area contributed by atoms with Gasteiger partial charge in [0.2, 0.25) is 0 Å². The smallest absolute Gasteiger partial charge is 0.338 e. The van der Waals surface area contributed by atoms with Gasteiger partial charge in [-0.15, -0.1) is 0 Å². The lowest BCUT2D eigenvalue weighted by Crippen LogP contribution is -2.45. The van der Waals surface area contributed by atoms with Crippen molar-refractivity contribution in [3.63, 3.8) is 0 Å². The number of nitrogens with one attached hydrogen (secondary N) is 2. The summed E-state index contributed by atoms with van der Waals surface area (Å²) in [5.41, 5.74) is 3.03. The molecule has 0 saturated heterocycles. The molecule has 1 fully saturated rings. The third-order valence-electron chi connectivity index (χ3n) is 4.94. The summed E-state index contributed by atoms with van der Waals surface area (Å²) in [6.45, 7) is 3.75. The zero-order valence-corrected chi connectivity index (χ0v) is 14.9. The summed E-state index contributed by atoms with van der Waals surface area (Å²) < 4.78 is 5.81. The molecule has 0 aromatic heterocycles. The van der Waals surface area contributed by atoms with Crippen molar-refractivity contribution in [1.82, 2.24) is 10.6 Å². The van der Waals surface area contributed by atoms with Crippen molar-refractivity contribution in [2.75, 3.05) is 0 Å². The number of ether oxygens (including phenoxy) is 1. The number of hydrogen-bond donors (Lipinski definition) is 2. The van der Waals surface area contributed by atoms with Gasteiger partial charge in [0.15, 0.2) is 0 Å². The van der Waals surface area contributed by atoms with Gasteiger partial charge in [-0.3, -0.25) is 0 Å². The van der Waals surface area contributed by atoms with Gasteiger partial charge in [-0.25, -0.2) is 9.59 Å². The molecule has 1 atom stereocenters. The Hall–Kier alpha value is -2.30. The van der Waals surface area contributed by atoms with Crippen LogP contribution in [-0.2, 0) is 9.53 Å². The summed E-state index contributed by atoms with van der Waals surface area (Å²) in [6.07, 6.45) is 6.45. The molecule has 0 radical (unpaired) electrons. The molecule has 5 nitrogen and oxygen atoms in total. The molecule has 0 unspecified atom stereocenters. The predicted molar refractivity (Wildman–Crippen MR) is 95.9 cm³/mol. The van der Waals surface area contributed by atoms with E-state index in [2.05, 4.69) is 10.6 Å². The number of esters is 1. The highest BCUT2D eigenvalue weighted by molar-refractivity contribution is 5.95. The minimum absolute atomic E-state index is 0.0221. The average Bonchev–Trinajstić information content (AvgIpc) is 2.82. The van der Waals surface area contributed by atoms with E-state index >= 15 is 0 Å². The number of rotatable bonds is 3. The van der Waals surface area contributed by atoms with Gasteiger partial charge >= 0.3 is 12.0 Å². The molecule has 25 heavy (non-hydrogen) atoms. The fraction of sp³-hybridized carbons (Fsp3) is 0.500. The molecule has 1 aliphatic heterocycles. The second-order valence-corrected chi connectivity index (χ2v) is 7.00. The summed E-state index contributed by atoms with van der Waals surface area (Å²) in [5.74, 6) is -0.330. The molecule has 1 aliphatic carbocycles. The molecule has 1 aromatic rings. The summed E-state index contributed by atoms with van der Waals surface area (Å²) in [5, 5.41) is 5.57. The van der Waals surface area contributed by atoms with E-state index in [4.69, 9.17) is 4.74 Å². The van der Waals surface area contributed by atoms with Gasteiger partial charge in [0.1, 0.15) is 6.10 Å². The highest BCUT2D eigenvalue weighted by Gasteiger charge is 2.33. The lowest BCUT2D eigenvalue weighted by molar-refractivity contribution is -0.145. The molecule has 1 aromatic carbocycles. The summed E-state index contributed by atoms with van der Waals surface area (Å²) >= 11 is 0. The summed E-state index contributed by atoms with van der Waals surface area (Å²) in [6, 6.07) is 7.06. The van der Waals surface area contributed by atoms with Crippen molar-refractivity contribution < 1.29 is 14.3 Å². The minimum Gasteiger partial charge on any atom is -0.459 e. The minimum atomic E-state index is -0.480. The second-order valence-electron chi connectivity index (χ2n) is 7.00. The molecule has 0 bridgehead atoms. The number of benzene rings is 1. The van der Waals surface area contributed by atoms with Crippen molar-refractivity contribution in [2.45, 2.75) is 64.5 Å². The first-order valence-corrected chi connectivity index (χ1v) is 9.10. The molecular formula is C20H26N2O3. The Bertz CT molecular complexity index is 688. The molecular weight excluding hydrogens is 316 g/mol. The third kappa shape index (κ3) is 4.21. The van der Waals surface area contributed by atoms with Crippen molar-refractivity contribution in [3.8, 4) is 0 Å². The van der Waals surface area contributed by atoms with Crippen LogP contribution in [0.25, 0.3) is 0 Å². The summed E-state index contributed by atoms with van der Waals surface area (Å²) in [4.78, 5) is 24.8. The van der Waals surface area contributed by atoms with E-state index < -0.39 is 6.04 Å². The first-order chi connectivity index (χ1) is 12.0. The van der Waals surface area contributed by atoms with Crippen LogP contribution in [-0.4, -0.2) is 18.1 Å². The molecule has 3 rings (SSSR count). The number of carbonyl (C=O) groups is 2. The van der Waals surface area contributed by atoms with Crippen LogP contribution < -0.4 is 10.6 Å². The maximum absolute atomic E-state index is 12.9. The van der Waals surface area contributed by atoms with Gasteiger partial charge in [0.25, 0.3) is 0 Å². The van der Waals surface area contributed by atoms with Crippen LogP contribution in [0.4, 0.5) is 4.79 Å². The largest absolute Gasteiger partial charge is 0.459 e. The van der Waals surface area contributed by atoms with E-state index in [0.29, 0.717) is 11.3 Å². The maximum atomic E-state index is 12.9. The normalized spacial score (nSPS) is 22.0. The third-order valence-corrected chi connectivity index (χ3v) is 4.94. The highest BCUT2D eigenvalue weighted by atomic mass is 16.5. The fourth-order valence-electron chi connectivity index (χ4n) is 3.64. The van der Waals surface area contributed by atoms with Crippen LogP contribution in [0.5, 0.6) is 0 Å². The highest BCUT2D eigenvalue weighted by Crippen LogP contribution is 2.29. The van der Waals surface area contributed by atoms with E-state index in [1.807, 2.05) is 31.2 Å². The average molecular weight is 342 g/mol. The fourth-order valence-corrected chi connectivity index (χ4v) is 3.64. The number of carbonyl (C=O) groups excluding carboxylic acids is 2. The van der Waals surface area contributed by atoms with E-state index in [9.17, 15) is 9.59 Å². The van der Waals surface area contributed by atoms with Crippen molar-refractivity contribution in [1.29, 1.82) is 0 Å². The quantitative estimate of drug-likeness (QED) is 0.647. The van der Waals surface area contributed by atoms with E-state index in [1.54, 1.807) is 6.92 Å². The van der Waals surface area contributed by atoms with Gasteiger partial charge in [-0.2, -0.15) is 0 Å². The van der Waals surface area contributed by atoms with E-state index in [1.165, 1.54) is 12.8 Å². The van der Waals surface area contributed by atoms with Gasteiger partial charge in [-0.1, -0.05) is 42.7 Å². The molecule has 2 aliphatic rings. The van der Waals surface area contributed by atoms with Gasteiger partial charge in [0, 0.05) is 5.70 Å². The predicted octanol–water partition coefficient (Wildman–Crippen LogP) is 3.89. The molecule has 1 heterocycles. The topological polar surface area (TPSA) is 67.4 Å². The Balaban J connectivity index is 1.85. The molecule has 134 valence electrons. The lowest BCUT2D eigenvalue weighted by atomic mass is 9.94. The van der Waals surface area contributed by atoms with Crippen LogP contribution in [0.3, 0.4) is 0 Å². The number of aryl methyl sites for hydroxylation is 1. The zero-order valence-electron chi connectivity index (χ0n) is 14.9. The van der Waals surface area contributed by atoms with E-state index in [0.717, 1.165) is 36.8 Å². The van der Waals surface area contributed by atoms with Crippen LogP contribution in [0.15, 0.2) is 35.5 Å². The molecule has 2 amide bonds. The lowest BCUT2D eigenvalue weighted by Gasteiger charge is -2.29. The molecule has 0 spiro atoms. The van der Waals surface area contributed by atoms with Crippen molar-refractivity contribution >= 4 is 12.0 Å². The molecule has 5 heteroatoms. The van der Waals surface area contributed by atoms with Gasteiger partial charge < -0.3 is 15.4 Å². The Morgan fingerprint density at radius 3 is 2.52 bits per heavy atom. The number of hydrogen-bond acceptors (Lipinski definition) is 3.